The third-order valence-electron chi connectivity index (χ3n) is 2.60. The van der Waals surface area contributed by atoms with Crippen LogP contribution in [0.5, 0.6) is 11.5 Å². The summed E-state index contributed by atoms with van der Waals surface area (Å²) >= 11 is 0. The molecule has 0 fully saturated rings. The van der Waals surface area contributed by atoms with Crippen molar-refractivity contribution in [2.75, 3.05) is 13.7 Å². The maximum absolute atomic E-state index is 9.76. The maximum Gasteiger partial charge on any atom is 0.127 e. The van der Waals surface area contributed by atoms with Gasteiger partial charge in [-0.15, -0.1) is 0 Å². The van der Waals surface area contributed by atoms with Gasteiger partial charge in [-0.2, -0.15) is 0 Å². The minimum Gasteiger partial charge on any atom is -0.507 e. The van der Waals surface area contributed by atoms with Gasteiger partial charge in [0, 0.05) is 6.04 Å². The highest BCUT2D eigenvalue weighted by Gasteiger charge is 2.15. The van der Waals surface area contributed by atoms with Gasteiger partial charge in [-0.3, -0.25) is 0 Å². The normalized spacial score (nSPS) is 12.4. The topological polar surface area (TPSA) is 81.5 Å². The molecular weight excluding hydrogens is 204 g/mol. The molecular formula is C12H20N2O2. The van der Waals surface area contributed by atoms with E-state index in [1.165, 1.54) is 0 Å². The molecule has 0 spiro atoms. The summed E-state index contributed by atoms with van der Waals surface area (Å²) in [6.07, 6.45) is 2.70. The Balaban J connectivity index is 2.76. The summed E-state index contributed by atoms with van der Waals surface area (Å²) in [5.41, 5.74) is 12.1. The van der Waals surface area contributed by atoms with E-state index in [4.69, 9.17) is 16.2 Å². The molecule has 1 atom stereocenters. The first-order valence-electron chi connectivity index (χ1n) is 5.52. The zero-order chi connectivity index (χ0) is 12.0. The molecule has 0 amide bonds. The monoisotopic (exact) mass is 224 g/mol. The molecule has 1 aromatic rings. The SMILES string of the molecule is COc1cccc(O)c1[C@H](N)CCCCN. The molecule has 1 aromatic carbocycles. The number of methoxy groups -OCH3 is 1. The molecule has 4 heteroatoms. The van der Waals surface area contributed by atoms with Crippen LogP contribution in [-0.2, 0) is 0 Å². The van der Waals surface area contributed by atoms with Crippen LogP contribution in [0.3, 0.4) is 0 Å². The number of phenolic OH excluding ortho intramolecular Hbond substituents is 1. The van der Waals surface area contributed by atoms with Crippen LogP contribution >= 0.6 is 0 Å². The highest BCUT2D eigenvalue weighted by Crippen LogP contribution is 2.34. The van der Waals surface area contributed by atoms with E-state index < -0.39 is 0 Å². The van der Waals surface area contributed by atoms with E-state index >= 15 is 0 Å². The quantitative estimate of drug-likeness (QED) is 0.640. The summed E-state index contributed by atoms with van der Waals surface area (Å²) in [6.45, 7) is 0.671. The molecule has 5 N–H and O–H groups in total. The number of rotatable bonds is 6. The molecule has 0 aliphatic carbocycles. The molecule has 0 heterocycles. The molecule has 4 nitrogen and oxygen atoms in total. The molecule has 0 saturated heterocycles. The van der Waals surface area contributed by atoms with Crippen molar-refractivity contribution in [1.29, 1.82) is 0 Å². The predicted molar refractivity (Wildman–Crippen MR) is 64.5 cm³/mol. The first-order valence-corrected chi connectivity index (χ1v) is 5.52. The number of hydrogen-bond acceptors (Lipinski definition) is 4. The van der Waals surface area contributed by atoms with Gasteiger partial charge in [-0.1, -0.05) is 12.5 Å². The van der Waals surface area contributed by atoms with Crippen LogP contribution in [0.4, 0.5) is 0 Å². The molecule has 1 rings (SSSR count). The molecule has 0 unspecified atom stereocenters. The van der Waals surface area contributed by atoms with Crippen LogP contribution in [0.25, 0.3) is 0 Å². The van der Waals surface area contributed by atoms with E-state index in [0.29, 0.717) is 17.9 Å². The molecule has 0 bridgehead atoms. The zero-order valence-corrected chi connectivity index (χ0v) is 9.65. The van der Waals surface area contributed by atoms with Crippen LogP contribution in [0.1, 0.15) is 30.9 Å². The van der Waals surface area contributed by atoms with Crippen molar-refractivity contribution in [3.63, 3.8) is 0 Å². The Kier molecular flexibility index (Phi) is 5.08. The number of ether oxygens (including phenoxy) is 1. The number of phenols is 1. The Bertz CT molecular complexity index is 329. The van der Waals surface area contributed by atoms with Gasteiger partial charge in [0.25, 0.3) is 0 Å². The van der Waals surface area contributed by atoms with Crippen molar-refractivity contribution < 1.29 is 9.84 Å². The zero-order valence-electron chi connectivity index (χ0n) is 9.65. The third kappa shape index (κ3) is 3.12. The largest absolute Gasteiger partial charge is 0.507 e. The van der Waals surface area contributed by atoms with Gasteiger partial charge in [0.2, 0.25) is 0 Å². The van der Waals surface area contributed by atoms with Gasteiger partial charge in [-0.25, -0.2) is 0 Å². The van der Waals surface area contributed by atoms with Gasteiger partial charge in [0.05, 0.1) is 12.7 Å². The van der Waals surface area contributed by atoms with Crippen molar-refractivity contribution in [1.82, 2.24) is 0 Å². The second-order valence-electron chi connectivity index (χ2n) is 3.78. The number of benzene rings is 1. The van der Waals surface area contributed by atoms with Crippen molar-refractivity contribution >= 4 is 0 Å². The highest BCUT2D eigenvalue weighted by atomic mass is 16.5. The fraction of sp³-hybridized carbons (Fsp3) is 0.500. The first kappa shape index (κ1) is 12.8. The lowest BCUT2D eigenvalue weighted by Gasteiger charge is -2.16. The molecule has 0 saturated carbocycles. The molecule has 0 aliphatic rings. The number of aromatic hydroxyl groups is 1. The average molecular weight is 224 g/mol. The standard InChI is InChI=1S/C12H20N2O2/c1-16-11-7-4-6-10(15)12(11)9(14)5-2-3-8-13/h4,6-7,9,15H,2-3,5,8,13-14H2,1H3/t9-/m1/s1. The molecule has 90 valence electrons. The van der Waals surface area contributed by atoms with E-state index in [1.54, 1.807) is 25.3 Å². The number of hydrogen-bond donors (Lipinski definition) is 3. The average Bonchev–Trinajstić information content (AvgIpc) is 2.28. The van der Waals surface area contributed by atoms with Gasteiger partial charge < -0.3 is 21.3 Å². The van der Waals surface area contributed by atoms with Crippen LogP contribution in [0, 0.1) is 0 Å². The van der Waals surface area contributed by atoms with Crippen molar-refractivity contribution in [3.8, 4) is 11.5 Å². The van der Waals surface area contributed by atoms with E-state index in [0.717, 1.165) is 19.3 Å². The highest BCUT2D eigenvalue weighted by molar-refractivity contribution is 5.45. The number of unbranched alkanes of at least 4 members (excludes halogenated alkanes) is 1. The van der Waals surface area contributed by atoms with Crippen LogP contribution in [-0.4, -0.2) is 18.8 Å². The smallest absolute Gasteiger partial charge is 0.127 e. The fourth-order valence-electron chi connectivity index (χ4n) is 1.74. The summed E-state index contributed by atoms with van der Waals surface area (Å²) in [5.74, 6) is 0.833. The Morgan fingerprint density at radius 3 is 2.75 bits per heavy atom. The van der Waals surface area contributed by atoms with Crippen molar-refractivity contribution in [2.24, 2.45) is 11.5 Å². The fourth-order valence-corrected chi connectivity index (χ4v) is 1.74. The minimum atomic E-state index is -0.206. The first-order chi connectivity index (χ1) is 7.70. The second kappa shape index (κ2) is 6.35. The lowest BCUT2D eigenvalue weighted by atomic mass is 10.00. The molecule has 0 radical (unpaired) electrons. The lowest BCUT2D eigenvalue weighted by molar-refractivity contribution is 0.390. The summed E-state index contributed by atoms with van der Waals surface area (Å²) in [4.78, 5) is 0. The Morgan fingerprint density at radius 1 is 1.38 bits per heavy atom. The predicted octanol–water partition coefficient (Wildman–Crippen LogP) is 1.53. The third-order valence-corrected chi connectivity index (χ3v) is 2.60. The van der Waals surface area contributed by atoms with Gasteiger partial charge in [0.1, 0.15) is 11.5 Å². The summed E-state index contributed by atoms with van der Waals surface area (Å²) in [5, 5.41) is 9.76. The van der Waals surface area contributed by atoms with E-state index in [9.17, 15) is 5.11 Å². The summed E-state index contributed by atoms with van der Waals surface area (Å²) < 4.78 is 5.19. The second-order valence-corrected chi connectivity index (χ2v) is 3.78. The minimum absolute atomic E-state index is 0.194. The molecule has 0 aliphatic heterocycles. The van der Waals surface area contributed by atoms with Crippen LogP contribution < -0.4 is 16.2 Å². The van der Waals surface area contributed by atoms with Crippen LogP contribution in [0.2, 0.25) is 0 Å². The Hall–Kier alpha value is -1.26. The van der Waals surface area contributed by atoms with E-state index in [1.807, 2.05) is 0 Å². The Morgan fingerprint density at radius 2 is 2.12 bits per heavy atom. The summed E-state index contributed by atoms with van der Waals surface area (Å²) in [6, 6.07) is 4.96. The van der Waals surface area contributed by atoms with Crippen molar-refractivity contribution in [3.05, 3.63) is 23.8 Å². The molecule has 0 aromatic heterocycles. The Labute approximate surface area is 96.2 Å². The number of nitrogens with two attached hydrogens (primary N) is 2. The maximum atomic E-state index is 9.76. The van der Waals surface area contributed by atoms with Gasteiger partial charge in [-0.05, 0) is 31.5 Å². The van der Waals surface area contributed by atoms with E-state index in [-0.39, 0.29) is 11.8 Å². The summed E-state index contributed by atoms with van der Waals surface area (Å²) in [7, 11) is 1.57. The van der Waals surface area contributed by atoms with Gasteiger partial charge >= 0.3 is 0 Å². The van der Waals surface area contributed by atoms with Crippen LogP contribution in [0.15, 0.2) is 18.2 Å². The lowest BCUT2D eigenvalue weighted by Crippen LogP contribution is -2.12. The van der Waals surface area contributed by atoms with Gasteiger partial charge in [0.15, 0.2) is 0 Å². The van der Waals surface area contributed by atoms with E-state index in [2.05, 4.69) is 0 Å². The van der Waals surface area contributed by atoms with Crippen molar-refractivity contribution in [2.45, 2.75) is 25.3 Å². The molecule has 16 heavy (non-hydrogen) atoms.